The third-order valence-corrected chi connectivity index (χ3v) is 9.98. The number of amides is 3. The van der Waals surface area contributed by atoms with Gasteiger partial charge in [-0.1, -0.05) is 41.9 Å². The minimum absolute atomic E-state index is 0.0512. The normalized spacial score (nSPS) is 19.2. The van der Waals surface area contributed by atoms with Crippen LogP contribution in [0.15, 0.2) is 47.3 Å². The standard InChI is InChI=1S/C33H40ClF3N8O4/c34-26-19-21(18-25(28(26)46)33(35,36)37)20-27(30(47)43-12-6-23(7-13-43)42-16-10-38-11-17-42)39-31(48)44-14-8-24(9-15-44)45-32(49)40-29(41-45)22-4-2-1-3-5-22/h1-5,18-19,23-24,27,38,46H,6-17,20H2,(H,39,48)(H,40,41,49)/t27-/m1/s1. The SMILES string of the molecule is O=C(N[C@H](Cc1cc(Cl)c(O)c(C(F)(F)F)c1)C(=O)N1CCC(N2CCNCC2)CC1)N1CCC(n2nc(-c3ccccc3)[nH]c2=O)CC1. The number of carbonyl (C=O) groups excluding carboxylic acids is 2. The van der Waals surface area contributed by atoms with Crippen molar-refractivity contribution in [2.24, 2.45) is 0 Å². The van der Waals surface area contributed by atoms with Gasteiger partial charge < -0.3 is 25.5 Å². The average Bonchev–Trinajstić information content (AvgIpc) is 3.51. The summed E-state index contributed by atoms with van der Waals surface area (Å²) in [6.07, 6.45) is -2.75. The Hall–Kier alpha value is -4.08. The van der Waals surface area contributed by atoms with Gasteiger partial charge in [0.05, 0.1) is 16.6 Å². The number of halogens is 4. The highest BCUT2D eigenvalue weighted by Crippen LogP contribution is 2.40. The molecule has 0 spiro atoms. The second kappa shape index (κ2) is 14.8. The smallest absolute Gasteiger partial charge is 0.420 e. The molecule has 1 aromatic heterocycles. The summed E-state index contributed by atoms with van der Waals surface area (Å²) < 4.78 is 42.5. The van der Waals surface area contributed by atoms with Gasteiger partial charge in [0.15, 0.2) is 5.82 Å². The van der Waals surface area contributed by atoms with Gasteiger partial charge in [-0.3, -0.25) is 14.7 Å². The molecule has 3 aromatic rings. The molecule has 264 valence electrons. The van der Waals surface area contributed by atoms with E-state index in [1.165, 1.54) is 15.6 Å². The highest BCUT2D eigenvalue weighted by molar-refractivity contribution is 6.32. The Morgan fingerprint density at radius 1 is 0.959 bits per heavy atom. The largest absolute Gasteiger partial charge is 0.506 e. The summed E-state index contributed by atoms with van der Waals surface area (Å²) in [5.41, 5.74) is -0.833. The van der Waals surface area contributed by atoms with Gasteiger partial charge >= 0.3 is 17.9 Å². The van der Waals surface area contributed by atoms with Crippen molar-refractivity contribution in [3.63, 3.8) is 0 Å². The monoisotopic (exact) mass is 704 g/mol. The first-order valence-corrected chi connectivity index (χ1v) is 17.0. The van der Waals surface area contributed by atoms with E-state index in [4.69, 9.17) is 11.6 Å². The van der Waals surface area contributed by atoms with Crippen molar-refractivity contribution in [1.29, 1.82) is 0 Å². The molecule has 0 saturated carbocycles. The number of nitrogens with one attached hydrogen (secondary N) is 3. The molecule has 3 amide bonds. The maximum absolute atomic E-state index is 13.9. The van der Waals surface area contributed by atoms with Gasteiger partial charge in [0, 0.05) is 70.4 Å². The molecule has 3 fully saturated rings. The number of hydrogen-bond acceptors (Lipinski definition) is 7. The molecule has 16 heteroatoms. The van der Waals surface area contributed by atoms with Crippen LogP contribution in [0.5, 0.6) is 5.75 Å². The van der Waals surface area contributed by atoms with Crippen LogP contribution in [-0.4, -0.2) is 111 Å². The molecule has 2 aromatic carbocycles. The molecule has 12 nitrogen and oxygen atoms in total. The van der Waals surface area contributed by atoms with Crippen LogP contribution in [-0.2, 0) is 17.4 Å². The molecule has 3 saturated heterocycles. The number of hydrogen-bond donors (Lipinski definition) is 4. The lowest BCUT2D eigenvalue weighted by molar-refractivity contribution is -0.138. The molecule has 49 heavy (non-hydrogen) atoms. The van der Waals surface area contributed by atoms with Gasteiger partial charge in [0.2, 0.25) is 5.91 Å². The van der Waals surface area contributed by atoms with Crippen molar-refractivity contribution in [3.8, 4) is 17.1 Å². The Kier molecular flexibility index (Phi) is 10.5. The first-order valence-electron chi connectivity index (χ1n) is 16.6. The predicted octanol–water partition coefficient (Wildman–Crippen LogP) is 3.47. The number of urea groups is 1. The Labute approximate surface area is 286 Å². The van der Waals surface area contributed by atoms with Gasteiger partial charge in [-0.05, 0) is 43.4 Å². The third-order valence-electron chi connectivity index (χ3n) is 9.69. The van der Waals surface area contributed by atoms with Gasteiger partial charge in [0.1, 0.15) is 11.8 Å². The van der Waals surface area contributed by atoms with Crippen molar-refractivity contribution in [3.05, 3.63) is 69.1 Å². The van der Waals surface area contributed by atoms with Crippen LogP contribution >= 0.6 is 11.6 Å². The lowest BCUT2D eigenvalue weighted by atomic mass is 9.98. The summed E-state index contributed by atoms with van der Waals surface area (Å²) >= 11 is 5.98. The first-order chi connectivity index (χ1) is 23.5. The summed E-state index contributed by atoms with van der Waals surface area (Å²) in [6.45, 7) is 5.14. The summed E-state index contributed by atoms with van der Waals surface area (Å²) in [4.78, 5) is 48.7. The van der Waals surface area contributed by atoms with Crippen molar-refractivity contribution < 1.29 is 27.9 Å². The number of aromatic hydroxyl groups is 1. The van der Waals surface area contributed by atoms with Crippen LogP contribution < -0.4 is 16.3 Å². The van der Waals surface area contributed by atoms with Crippen LogP contribution in [0.25, 0.3) is 11.4 Å². The summed E-state index contributed by atoms with van der Waals surface area (Å²) in [5, 5.41) is 20.1. The zero-order valence-corrected chi connectivity index (χ0v) is 27.6. The van der Waals surface area contributed by atoms with Crippen molar-refractivity contribution >= 4 is 23.5 Å². The van der Waals surface area contributed by atoms with E-state index in [1.807, 2.05) is 30.3 Å². The fourth-order valence-electron chi connectivity index (χ4n) is 7.01. The van der Waals surface area contributed by atoms with Crippen LogP contribution in [0.4, 0.5) is 18.0 Å². The Morgan fingerprint density at radius 3 is 2.24 bits per heavy atom. The van der Waals surface area contributed by atoms with E-state index in [-0.39, 0.29) is 36.8 Å². The first kappa shape index (κ1) is 34.8. The summed E-state index contributed by atoms with van der Waals surface area (Å²) in [7, 11) is 0. The zero-order valence-electron chi connectivity index (χ0n) is 26.9. The highest BCUT2D eigenvalue weighted by atomic mass is 35.5. The van der Waals surface area contributed by atoms with Gasteiger partial charge in [-0.2, -0.15) is 13.2 Å². The topological polar surface area (TPSA) is 139 Å². The van der Waals surface area contributed by atoms with E-state index in [9.17, 15) is 32.7 Å². The summed E-state index contributed by atoms with van der Waals surface area (Å²) in [6, 6.07) is 9.58. The third kappa shape index (κ3) is 8.05. The van der Waals surface area contributed by atoms with Crippen molar-refractivity contribution in [2.45, 2.75) is 56.4 Å². The molecule has 1 atom stereocenters. The minimum Gasteiger partial charge on any atom is -0.506 e. The molecule has 4 N–H and O–H groups in total. The number of phenolic OH excluding ortho intramolecular Hbond substituents is 1. The average molecular weight is 705 g/mol. The minimum atomic E-state index is -4.87. The number of rotatable bonds is 7. The van der Waals surface area contributed by atoms with E-state index in [1.54, 1.807) is 4.90 Å². The maximum atomic E-state index is 13.9. The number of H-pyrrole nitrogens is 1. The number of aromatic amines is 1. The second-order valence-electron chi connectivity index (χ2n) is 12.8. The van der Waals surface area contributed by atoms with Gasteiger partial charge in [-0.15, -0.1) is 5.10 Å². The molecule has 0 unspecified atom stereocenters. The van der Waals surface area contributed by atoms with E-state index in [0.29, 0.717) is 37.8 Å². The zero-order chi connectivity index (χ0) is 34.7. The number of likely N-dealkylation sites (tertiary alicyclic amines) is 2. The van der Waals surface area contributed by atoms with E-state index in [0.717, 1.165) is 50.7 Å². The van der Waals surface area contributed by atoms with Gasteiger partial charge in [0.25, 0.3) is 0 Å². The molecular formula is C33H40ClF3N8O4. The number of piperidine rings is 2. The fourth-order valence-corrected chi connectivity index (χ4v) is 7.25. The van der Waals surface area contributed by atoms with Gasteiger partial charge in [-0.25, -0.2) is 14.3 Å². The Bertz CT molecular complexity index is 1680. The number of carbonyl (C=O) groups is 2. The highest BCUT2D eigenvalue weighted by Gasteiger charge is 2.37. The number of nitrogens with zero attached hydrogens (tertiary/aromatic N) is 5. The quantitative estimate of drug-likeness (QED) is 0.296. The van der Waals surface area contributed by atoms with Crippen LogP contribution in [0.2, 0.25) is 5.02 Å². The number of piperazine rings is 1. The molecule has 3 aliphatic rings. The number of aromatic nitrogens is 3. The molecule has 3 aliphatic heterocycles. The lowest BCUT2D eigenvalue weighted by Gasteiger charge is -2.41. The predicted molar refractivity (Wildman–Crippen MR) is 176 cm³/mol. The number of benzene rings is 2. The second-order valence-corrected chi connectivity index (χ2v) is 13.2. The molecule has 0 bridgehead atoms. The fraction of sp³-hybridized carbons (Fsp3) is 0.515. The molecule has 6 rings (SSSR count). The number of phenols is 1. The van der Waals surface area contributed by atoms with Crippen molar-refractivity contribution in [2.75, 3.05) is 52.4 Å². The molecular weight excluding hydrogens is 665 g/mol. The van der Waals surface area contributed by atoms with Crippen LogP contribution in [0.1, 0.15) is 42.9 Å². The van der Waals surface area contributed by atoms with E-state index < -0.39 is 40.5 Å². The number of alkyl halides is 3. The van der Waals surface area contributed by atoms with E-state index in [2.05, 4.69) is 25.6 Å². The van der Waals surface area contributed by atoms with Crippen molar-refractivity contribution in [1.82, 2.24) is 40.1 Å². The molecule has 0 radical (unpaired) electrons. The van der Waals surface area contributed by atoms with Crippen LogP contribution in [0, 0.1) is 0 Å². The summed E-state index contributed by atoms with van der Waals surface area (Å²) in [5.74, 6) is -1.03. The Morgan fingerprint density at radius 2 is 1.59 bits per heavy atom. The molecule has 4 heterocycles. The van der Waals surface area contributed by atoms with E-state index >= 15 is 0 Å². The Balaban J connectivity index is 1.14. The maximum Gasteiger partial charge on any atom is 0.420 e. The lowest BCUT2D eigenvalue weighted by Crippen LogP contribution is -2.57. The molecule has 0 aliphatic carbocycles. The van der Waals surface area contributed by atoms with Crippen LogP contribution in [0.3, 0.4) is 0 Å².